The van der Waals surface area contributed by atoms with Gasteiger partial charge in [0.15, 0.2) is 0 Å². The van der Waals surface area contributed by atoms with Crippen LogP contribution in [0.2, 0.25) is 0 Å². The fourth-order valence-corrected chi connectivity index (χ4v) is 2.46. The van der Waals surface area contributed by atoms with Crippen molar-refractivity contribution < 1.29 is 14.7 Å². The van der Waals surface area contributed by atoms with E-state index in [9.17, 15) is 9.59 Å². The molecule has 1 fully saturated rings. The number of nitrogens with one attached hydrogen (secondary N) is 1. The molecule has 0 heterocycles. The van der Waals surface area contributed by atoms with Crippen molar-refractivity contribution >= 4 is 11.9 Å². The second-order valence-electron chi connectivity index (χ2n) is 5.92. The number of carbonyl (C=O) groups is 2. The summed E-state index contributed by atoms with van der Waals surface area (Å²) in [5.41, 5.74) is -0.403. The summed E-state index contributed by atoms with van der Waals surface area (Å²) < 4.78 is 0. The molecule has 0 aromatic carbocycles. The van der Waals surface area contributed by atoms with Gasteiger partial charge in [-0.3, -0.25) is 9.59 Å². The van der Waals surface area contributed by atoms with Gasteiger partial charge in [0, 0.05) is 6.54 Å². The van der Waals surface area contributed by atoms with Crippen molar-refractivity contribution in [3.05, 3.63) is 0 Å². The predicted molar refractivity (Wildman–Crippen MR) is 69.2 cm³/mol. The van der Waals surface area contributed by atoms with Gasteiger partial charge in [-0.05, 0) is 38.9 Å². The summed E-state index contributed by atoms with van der Waals surface area (Å²) in [6.07, 6.45) is 1.96. The van der Waals surface area contributed by atoms with Crippen LogP contribution in [0.25, 0.3) is 0 Å². The van der Waals surface area contributed by atoms with Crippen molar-refractivity contribution in [1.82, 2.24) is 10.2 Å². The van der Waals surface area contributed by atoms with Crippen molar-refractivity contribution in [1.29, 1.82) is 0 Å². The number of carboxylic acids is 1. The molecule has 2 unspecified atom stereocenters. The van der Waals surface area contributed by atoms with E-state index in [0.29, 0.717) is 6.54 Å². The number of aliphatic carboxylic acids is 1. The van der Waals surface area contributed by atoms with Gasteiger partial charge in [-0.2, -0.15) is 0 Å². The fourth-order valence-electron chi connectivity index (χ4n) is 2.46. The standard InChI is InChI=1S/C13H24N2O3/c1-13(2)9(10(13)12(17)18)11(16)14-7-5-6-8-15(3)4/h9-10H,5-8H2,1-4H3,(H,14,16)(H,17,18). The van der Waals surface area contributed by atoms with Gasteiger partial charge >= 0.3 is 5.97 Å². The van der Waals surface area contributed by atoms with Crippen LogP contribution in [0.4, 0.5) is 0 Å². The minimum absolute atomic E-state index is 0.114. The van der Waals surface area contributed by atoms with Gasteiger partial charge in [-0.1, -0.05) is 13.8 Å². The zero-order valence-corrected chi connectivity index (χ0v) is 11.7. The van der Waals surface area contributed by atoms with Gasteiger partial charge in [0.2, 0.25) is 5.91 Å². The SMILES string of the molecule is CN(C)CCCCNC(=O)C1C(C(=O)O)C1(C)C. The van der Waals surface area contributed by atoms with E-state index in [1.165, 1.54) is 0 Å². The topological polar surface area (TPSA) is 69.6 Å². The Kier molecular flexibility index (Phi) is 4.73. The molecule has 0 aromatic heterocycles. The maximum Gasteiger partial charge on any atom is 0.307 e. The first-order valence-electron chi connectivity index (χ1n) is 6.43. The highest BCUT2D eigenvalue weighted by molar-refractivity contribution is 5.91. The third-order valence-electron chi connectivity index (χ3n) is 3.71. The Morgan fingerprint density at radius 3 is 2.28 bits per heavy atom. The van der Waals surface area contributed by atoms with Crippen molar-refractivity contribution in [3.63, 3.8) is 0 Å². The molecule has 5 nitrogen and oxygen atoms in total. The van der Waals surface area contributed by atoms with Crippen LogP contribution in [0, 0.1) is 17.3 Å². The van der Waals surface area contributed by atoms with E-state index in [0.717, 1.165) is 19.4 Å². The van der Waals surface area contributed by atoms with Crippen molar-refractivity contribution in [2.75, 3.05) is 27.2 Å². The number of nitrogens with zero attached hydrogens (tertiary/aromatic N) is 1. The first kappa shape index (κ1) is 15.0. The van der Waals surface area contributed by atoms with Crippen LogP contribution >= 0.6 is 0 Å². The molecule has 0 saturated heterocycles. The molecule has 1 saturated carbocycles. The van der Waals surface area contributed by atoms with Crippen LogP contribution in [0.3, 0.4) is 0 Å². The highest BCUT2D eigenvalue weighted by Gasteiger charge is 2.65. The predicted octanol–water partition coefficient (Wildman–Crippen LogP) is 0.801. The van der Waals surface area contributed by atoms with E-state index in [1.807, 2.05) is 27.9 Å². The summed E-state index contributed by atoms with van der Waals surface area (Å²) in [7, 11) is 4.03. The summed E-state index contributed by atoms with van der Waals surface area (Å²) in [6, 6.07) is 0. The van der Waals surface area contributed by atoms with Crippen molar-refractivity contribution in [2.45, 2.75) is 26.7 Å². The van der Waals surface area contributed by atoms with Crippen LogP contribution in [-0.2, 0) is 9.59 Å². The molecule has 0 aliphatic heterocycles. The van der Waals surface area contributed by atoms with Crippen LogP contribution in [0.1, 0.15) is 26.7 Å². The highest BCUT2D eigenvalue weighted by Crippen LogP contribution is 2.58. The Labute approximate surface area is 109 Å². The minimum Gasteiger partial charge on any atom is -0.481 e. The molecular weight excluding hydrogens is 232 g/mol. The number of unbranched alkanes of at least 4 members (excludes halogenated alkanes) is 1. The lowest BCUT2D eigenvalue weighted by molar-refractivity contribution is -0.140. The fraction of sp³-hybridized carbons (Fsp3) is 0.846. The lowest BCUT2D eigenvalue weighted by Crippen LogP contribution is -2.28. The Hall–Kier alpha value is -1.10. The number of carbonyl (C=O) groups excluding carboxylic acids is 1. The zero-order chi connectivity index (χ0) is 13.9. The molecule has 5 heteroatoms. The second kappa shape index (κ2) is 5.69. The van der Waals surface area contributed by atoms with Gasteiger partial charge < -0.3 is 15.3 Å². The molecule has 104 valence electrons. The molecule has 1 aliphatic rings. The normalized spacial score (nSPS) is 24.9. The zero-order valence-electron chi connectivity index (χ0n) is 11.7. The number of amides is 1. The lowest BCUT2D eigenvalue weighted by Gasteiger charge is -2.09. The first-order valence-corrected chi connectivity index (χ1v) is 6.43. The summed E-state index contributed by atoms with van der Waals surface area (Å²) in [4.78, 5) is 24.9. The molecule has 18 heavy (non-hydrogen) atoms. The maximum atomic E-state index is 11.8. The number of rotatable bonds is 7. The average Bonchev–Trinajstić information content (AvgIpc) is 2.80. The molecule has 0 aromatic rings. The Morgan fingerprint density at radius 1 is 1.22 bits per heavy atom. The molecule has 0 bridgehead atoms. The number of hydrogen-bond acceptors (Lipinski definition) is 3. The summed E-state index contributed by atoms with van der Waals surface area (Å²) in [6.45, 7) is 5.30. The molecule has 1 aliphatic carbocycles. The van der Waals surface area contributed by atoms with Crippen LogP contribution in [0.15, 0.2) is 0 Å². The second-order valence-corrected chi connectivity index (χ2v) is 5.92. The van der Waals surface area contributed by atoms with Gasteiger partial charge in [-0.25, -0.2) is 0 Å². The molecule has 0 spiro atoms. The van der Waals surface area contributed by atoms with Gasteiger partial charge in [0.05, 0.1) is 11.8 Å². The van der Waals surface area contributed by atoms with Gasteiger partial charge in [-0.15, -0.1) is 0 Å². The third-order valence-corrected chi connectivity index (χ3v) is 3.71. The van der Waals surface area contributed by atoms with E-state index in [1.54, 1.807) is 0 Å². The lowest BCUT2D eigenvalue weighted by atomic mass is 10.1. The average molecular weight is 256 g/mol. The molecule has 0 radical (unpaired) electrons. The van der Waals surface area contributed by atoms with E-state index >= 15 is 0 Å². The van der Waals surface area contributed by atoms with Crippen LogP contribution in [0.5, 0.6) is 0 Å². The van der Waals surface area contributed by atoms with E-state index in [2.05, 4.69) is 10.2 Å². The Bertz CT molecular complexity index is 326. The van der Waals surface area contributed by atoms with Gasteiger partial charge in [0.1, 0.15) is 0 Å². The van der Waals surface area contributed by atoms with Crippen LogP contribution < -0.4 is 5.32 Å². The monoisotopic (exact) mass is 256 g/mol. The Morgan fingerprint density at radius 2 is 1.83 bits per heavy atom. The highest BCUT2D eigenvalue weighted by atomic mass is 16.4. The molecule has 1 rings (SSSR count). The number of carboxylic acid groups (broad SMARTS) is 1. The van der Waals surface area contributed by atoms with Crippen LogP contribution in [-0.4, -0.2) is 49.1 Å². The molecule has 2 atom stereocenters. The van der Waals surface area contributed by atoms with E-state index < -0.39 is 17.3 Å². The number of hydrogen-bond donors (Lipinski definition) is 2. The van der Waals surface area contributed by atoms with Gasteiger partial charge in [0.25, 0.3) is 0 Å². The third kappa shape index (κ3) is 3.45. The van der Waals surface area contributed by atoms with Crippen molar-refractivity contribution in [2.24, 2.45) is 17.3 Å². The summed E-state index contributed by atoms with van der Waals surface area (Å²) >= 11 is 0. The van der Waals surface area contributed by atoms with Crippen molar-refractivity contribution in [3.8, 4) is 0 Å². The smallest absolute Gasteiger partial charge is 0.307 e. The largest absolute Gasteiger partial charge is 0.481 e. The molecular formula is C13H24N2O3. The van der Waals surface area contributed by atoms with E-state index in [4.69, 9.17) is 5.11 Å². The first-order chi connectivity index (χ1) is 8.28. The summed E-state index contributed by atoms with van der Waals surface area (Å²) in [5.74, 6) is -1.88. The van der Waals surface area contributed by atoms with E-state index in [-0.39, 0.29) is 11.8 Å². The maximum absolute atomic E-state index is 11.8. The summed E-state index contributed by atoms with van der Waals surface area (Å²) in [5, 5.41) is 11.8. The Balaban J connectivity index is 2.25. The molecule has 2 N–H and O–H groups in total. The minimum atomic E-state index is -0.868. The quantitative estimate of drug-likeness (QED) is 0.661. The molecule has 1 amide bonds.